The maximum atomic E-state index is 13.0. The summed E-state index contributed by atoms with van der Waals surface area (Å²) in [6.45, 7) is 0. The summed E-state index contributed by atoms with van der Waals surface area (Å²) in [6, 6.07) is 21.2. The molecule has 0 saturated carbocycles. The third-order valence-electron chi connectivity index (χ3n) is 4.77. The number of hydrogen-bond donors (Lipinski definition) is 1. The number of pyridine rings is 1. The molecule has 0 bridgehead atoms. The van der Waals surface area contributed by atoms with Crippen LogP contribution in [0.3, 0.4) is 0 Å². The first-order valence-electron chi connectivity index (χ1n) is 9.65. The molecule has 1 atom stereocenters. The fourth-order valence-electron chi connectivity index (χ4n) is 3.16. The second kappa shape index (κ2) is 9.41. The fraction of sp³-hybridized carbons (Fsp3) is 0.125. The number of rotatable bonds is 7. The summed E-state index contributed by atoms with van der Waals surface area (Å²) in [6.07, 6.45) is 7.27. The smallest absolute Gasteiger partial charge is 0.252 e. The fourth-order valence-corrected chi connectivity index (χ4v) is 4.00. The Hall–Kier alpha value is -3.38. The first kappa shape index (κ1) is 19.9. The van der Waals surface area contributed by atoms with E-state index in [1.165, 1.54) is 5.56 Å². The first-order valence-corrected chi connectivity index (χ1v) is 10.6. The van der Waals surface area contributed by atoms with Gasteiger partial charge in [-0.1, -0.05) is 36.4 Å². The molecule has 0 fully saturated rings. The Labute approximate surface area is 180 Å². The lowest BCUT2D eigenvalue weighted by Crippen LogP contribution is -2.31. The van der Waals surface area contributed by atoms with E-state index >= 15 is 0 Å². The van der Waals surface area contributed by atoms with Crippen molar-refractivity contribution < 1.29 is 4.79 Å². The molecule has 0 aliphatic heterocycles. The Morgan fingerprint density at radius 2 is 1.83 bits per heavy atom. The molecule has 4 rings (SSSR count). The van der Waals surface area contributed by atoms with Gasteiger partial charge in [-0.3, -0.25) is 9.78 Å². The maximum Gasteiger partial charge on any atom is 0.252 e. The van der Waals surface area contributed by atoms with Crippen molar-refractivity contribution in [3.8, 4) is 0 Å². The van der Waals surface area contributed by atoms with Crippen LogP contribution in [0, 0.1) is 0 Å². The van der Waals surface area contributed by atoms with E-state index in [0.29, 0.717) is 5.56 Å². The van der Waals surface area contributed by atoms with Crippen molar-refractivity contribution in [1.29, 1.82) is 0 Å². The summed E-state index contributed by atoms with van der Waals surface area (Å²) in [5.74, 6) is 1.50. The third kappa shape index (κ3) is 4.78. The van der Waals surface area contributed by atoms with E-state index in [1.54, 1.807) is 24.2 Å². The highest BCUT2D eigenvalue weighted by molar-refractivity contribution is 7.98. The summed E-state index contributed by atoms with van der Waals surface area (Å²) in [5, 5.41) is 3.13. The largest absolute Gasteiger partial charge is 0.338 e. The SMILES string of the molecule is Cn1ccnc1C(NC(=O)c1ccc(SCc2cccnc2)cc1)c1ccccc1. The molecule has 0 aliphatic carbocycles. The second-order valence-corrected chi connectivity index (χ2v) is 7.94. The quantitative estimate of drug-likeness (QED) is 0.448. The number of benzene rings is 2. The first-order chi connectivity index (χ1) is 14.7. The number of thioether (sulfide) groups is 1. The topological polar surface area (TPSA) is 59.8 Å². The van der Waals surface area contributed by atoms with Crippen molar-refractivity contribution >= 4 is 17.7 Å². The Morgan fingerprint density at radius 1 is 1.03 bits per heavy atom. The molecule has 150 valence electrons. The van der Waals surface area contributed by atoms with Gasteiger partial charge < -0.3 is 9.88 Å². The van der Waals surface area contributed by atoms with Gasteiger partial charge in [0.05, 0.1) is 0 Å². The minimum absolute atomic E-state index is 0.129. The maximum absolute atomic E-state index is 13.0. The van der Waals surface area contributed by atoms with E-state index < -0.39 is 0 Å². The minimum atomic E-state index is -0.321. The van der Waals surface area contributed by atoms with Gasteiger partial charge in [-0.25, -0.2) is 4.98 Å². The van der Waals surface area contributed by atoms with E-state index in [2.05, 4.69) is 21.4 Å². The van der Waals surface area contributed by atoms with Crippen LogP contribution in [0.2, 0.25) is 0 Å². The molecular formula is C24H22N4OS. The predicted molar refractivity (Wildman–Crippen MR) is 119 cm³/mol. The van der Waals surface area contributed by atoms with Crippen molar-refractivity contribution in [2.45, 2.75) is 16.7 Å². The molecule has 0 radical (unpaired) electrons. The molecule has 1 unspecified atom stereocenters. The average molecular weight is 415 g/mol. The van der Waals surface area contributed by atoms with E-state index in [-0.39, 0.29) is 11.9 Å². The van der Waals surface area contributed by atoms with E-state index in [0.717, 1.165) is 22.0 Å². The molecule has 6 heteroatoms. The zero-order valence-corrected chi connectivity index (χ0v) is 17.4. The summed E-state index contributed by atoms with van der Waals surface area (Å²) < 4.78 is 1.93. The van der Waals surface area contributed by atoms with Gasteiger partial charge in [0, 0.05) is 48.0 Å². The number of aromatic nitrogens is 3. The highest BCUT2D eigenvalue weighted by atomic mass is 32.2. The van der Waals surface area contributed by atoms with E-state index in [4.69, 9.17) is 0 Å². The van der Waals surface area contributed by atoms with Crippen molar-refractivity contribution in [1.82, 2.24) is 19.9 Å². The van der Waals surface area contributed by atoms with Gasteiger partial charge in [0.15, 0.2) is 0 Å². The minimum Gasteiger partial charge on any atom is -0.338 e. The van der Waals surface area contributed by atoms with Gasteiger partial charge in [0.1, 0.15) is 11.9 Å². The monoisotopic (exact) mass is 414 g/mol. The Kier molecular flexibility index (Phi) is 6.25. The zero-order valence-electron chi connectivity index (χ0n) is 16.6. The number of amides is 1. The Morgan fingerprint density at radius 3 is 2.50 bits per heavy atom. The van der Waals surface area contributed by atoms with Gasteiger partial charge in [0.25, 0.3) is 5.91 Å². The number of nitrogens with one attached hydrogen (secondary N) is 1. The van der Waals surface area contributed by atoms with E-state index in [9.17, 15) is 4.79 Å². The molecular weight excluding hydrogens is 392 g/mol. The summed E-state index contributed by atoms with van der Waals surface area (Å²) in [4.78, 5) is 22.7. The Balaban J connectivity index is 1.47. The molecule has 30 heavy (non-hydrogen) atoms. The van der Waals surface area contributed by atoms with Gasteiger partial charge in [-0.15, -0.1) is 11.8 Å². The Bertz CT molecular complexity index is 1100. The lowest BCUT2D eigenvalue weighted by Gasteiger charge is -2.19. The van der Waals surface area contributed by atoms with Crippen LogP contribution in [-0.4, -0.2) is 20.4 Å². The summed E-state index contributed by atoms with van der Waals surface area (Å²) >= 11 is 1.72. The van der Waals surface area contributed by atoms with Crippen molar-refractivity contribution in [3.05, 3.63) is 114 Å². The van der Waals surface area contributed by atoms with Crippen LogP contribution in [0.25, 0.3) is 0 Å². The van der Waals surface area contributed by atoms with Crippen LogP contribution >= 0.6 is 11.8 Å². The molecule has 0 aliphatic rings. The van der Waals surface area contributed by atoms with Gasteiger partial charge in [-0.05, 0) is 41.5 Å². The second-order valence-electron chi connectivity index (χ2n) is 6.89. The molecule has 0 saturated heterocycles. The zero-order chi connectivity index (χ0) is 20.8. The highest BCUT2D eigenvalue weighted by Gasteiger charge is 2.21. The number of nitrogens with zero attached hydrogens (tertiary/aromatic N) is 3. The van der Waals surface area contributed by atoms with E-state index in [1.807, 2.05) is 84.7 Å². The van der Waals surface area contributed by atoms with Crippen LogP contribution in [0.4, 0.5) is 0 Å². The number of carbonyl (C=O) groups excluding carboxylic acids is 1. The van der Waals surface area contributed by atoms with Crippen LogP contribution in [-0.2, 0) is 12.8 Å². The number of imidazole rings is 1. The van der Waals surface area contributed by atoms with Crippen molar-refractivity contribution in [2.24, 2.45) is 7.05 Å². The van der Waals surface area contributed by atoms with Crippen molar-refractivity contribution in [2.75, 3.05) is 0 Å². The third-order valence-corrected chi connectivity index (χ3v) is 5.85. The van der Waals surface area contributed by atoms with Crippen LogP contribution in [0.15, 0.2) is 96.4 Å². The molecule has 0 spiro atoms. The normalized spacial score (nSPS) is 11.8. The highest BCUT2D eigenvalue weighted by Crippen LogP contribution is 2.24. The molecule has 5 nitrogen and oxygen atoms in total. The molecule has 4 aromatic rings. The molecule has 1 amide bonds. The average Bonchev–Trinajstić information content (AvgIpc) is 3.23. The summed E-state index contributed by atoms with van der Waals surface area (Å²) in [5.41, 5.74) is 2.78. The molecule has 2 heterocycles. The van der Waals surface area contributed by atoms with Crippen LogP contribution in [0.1, 0.15) is 33.4 Å². The molecule has 2 aromatic carbocycles. The van der Waals surface area contributed by atoms with Crippen LogP contribution in [0.5, 0.6) is 0 Å². The van der Waals surface area contributed by atoms with Gasteiger partial charge in [-0.2, -0.15) is 0 Å². The summed E-state index contributed by atoms with van der Waals surface area (Å²) in [7, 11) is 1.93. The standard InChI is InChI=1S/C24H22N4OS/c1-28-15-14-26-23(28)22(19-7-3-2-4-8-19)27-24(29)20-9-11-21(12-10-20)30-17-18-6-5-13-25-16-18/h2-16,22H,17H2,1H3,(H,27,29). The van der Waals surface area contributed by atoms with Crippen molar-refractivity contribution in [3.63, 3.8) is 0 Å². The van der Waals surface area contributed by atoms with Gasteiger partial charge in [0.2, 0.25) is 0 Å². The molecule has 1 N–H and O–H groups in total. The number of hydrogen-bond acceptors (Lipinski definition) is 4. The molecule has 2 aromatic heterocycles. The van der Waals surface area contributed by atoms with Gasteiger partial charge >= 0.3 is 0 Å². The predicted octanol–water partition coefficient (Wildman–Crippen LogP) is 4.63. The van der Waals surface area contributed by atoms with Crippen LogP contribution < -0.4 is 5.32 Å². The lowest BCUT2D eigenvalue weighted by molar-refractivity contribution is 0.0941. The lowest BCUT2D eigenvalue weighted by atomic mass is 10.1. The number of carbonyl (C=O) groups is 1. The number of aryl methyl sites for hydroxylation is 1.